The van der Waals surface area contributed by atoms with E-state index in [0.717, 1.165) is 36.4 Å². The van der Waals surface area contributed by atoms with Gasteiger partial charge in [0, 0.05) is 37.3 Å². The van der Waals surface area contributed by atoms with Crippen molar-refractivity contribution in [3.8, 4) is 23.3 Å². The molecule has 0 amide bonds. The maximum atomic E-state index is 8.70. The molecule has 1 atom stereocenters. The van der Waals surface area contributed by atoms with Crippen LogP contribution in [0.3, 0.4) is 0 Å². The molecule has 25 heavy (non-hydrogen) atoms. The fourth-order valence-corrected chi connectivity index (χ4v) is 3.20. The first-order valence-corrected chi connectivity index (χ1v) is 8.26. The molecule has 2 aliphatic rings. The number of methoxy groups -OCH3 is 2. The van der Waals surface area contributed by atoms with Gasteiger partial charge < -0.3 is 23.8 Å². The maximum Gasteiger partial charge on any atom is 0.203 e. The highest BCUT2D eigenvalue weighted by Crippen LogP contribution is 2.44. The number of hydrogen-bond acceptors (Lipinski definition) is 6. The summed E-state index contributed by atoms with van der Waals surface area (Å²) in [6, 6.07) is 4.02. The fourth-order valence-electron chi connectivity index (χ4n) is 3.20. The predicted molar refractivity (Wildman–Crippen MR) is 93.8 cm³/mol. The van der Waals surface area contributed by atoms with Crippen LogP contribution < -0.4 is 14.2 Å². The van der Waals surface area contributed by atoms with E-state index in [1.165, 1.54) is 6.08 Å². The normalized spacial score (nSPS) is 19.2. The number of benzene rings is 1. The molecule has 6 heteroatoms. The Morgan fingerprint density at radius 2 is 2.28 bits per heavy atom. The molecule has 6 nitrogen and oxygen atoms in total. The molecule has 0 saturated carbocycles. The highest BCUT2D eigenvalue weighted by molar-refractivity contribution is 5.71. The van der Waals surface area contributed by atoms with Crippen LogP contribution in [0.25, 0.3) is 6.08 Å². The average molecular weight is 342 g/mol. The van der Waals surface area contributed by atoms with Gasteiger partial charge in [-0.1, -0.05) is 6.08 Å². The Hall–Kier alpha value is -2.65. The zero-order valence-electron chi connectivity index (χ0n) is 14.5. The van der Waals surface area contributed by atoms with Gasteiger partial charge in [-0.25, -0.2) is 0 Å². The molecule has 1 fully saturated rings. The van der Waals surface area contributed by atoms with Crippen molar-refractivity contribution in [3.63, 3.8) is 0 Å². The molecule has 3 rings (SSSR count). The summed E-state index contributed by atoms with van der Waals surface area (Å²) in [6.45, 7) is 2.69. The smallest absolute Gasteiger partial charge is 0.203 e. The van der Waals surface area contributed by atoms with Crippen molar-refractivity contribution >= 4 is 6.08 Å². The van der Waals surface area contributed by atoms with Gasteiger partial charge in [-0.15, -0.1) is 0 Å². The number of morpholine rings is 1. The van der Waals surface area contributed by atoms with Gasteiger partial charge in [0.15, 0.2) is 11.5 Å². The lowest BCUT2D eigenvalue weighted by Crippen LogP contribution is -2.40. The van der Waals surface area contributed by atoms with E-state index in [2.05, 4.69) is 11.0 Å². The Labute approximate surface area is 147 Å². The van der Waals surface area contributed by atoms with Gasteiger partial charge in [0.25, 0.3) is 0 Å². The minimum atomic E-state index is 0.0367. The van der Waals surface area contributed by atoms with Gasteiger partial charge in [-0.05, 0) is 17.7 Å². The van der Waals surface area contributed by atoms with Crippen molar-refractivity contribution in [3.05, 3.63) is 35.5 Å². The first-order valence-electron chi connectivity index (χ1n) is 8.26. The van der Waals surface area contributed by atoms with Crippen LogP contribution in [0.15, 0.2) is 24.4 Å². The standard InChI is InChI=1S/C19H22N2O4/c1-22-17-12-14(16-5-3-9-25-18(16)19(17)23-2)11-15-13-21(7-4-6-20)8-10-24-15/h3-5,7,12,15H,8-11,13H2,1-2H3. The van der Waals surface area contributed by atoms with Crippen molar-refractivity contribution in [2.45, 2.75) is 12.5 Å². The molecule has 1 aromatic carbocycles. The molecule has 0 N–H and O–H groups in total. The summed E-state index contributed by atoms with van der Waals surface area (Å²) in [5.41, 5.74) is 2.11. The molecule has 0 aliphatic carbocycles. The van der Waals surface area contributed by atoms with Gasteiger partial charge in [-0.3, -0.25) is 0 Å². The minimum absolute atomic E-state index is 0.0367. The Balaban J connectivity index is 1.86. The number of allylic oxidation sites excluding steroid dienone is 1. The monoisotopic (exact) mass is 342 g/mol. The fraction of sp³-hybridized carbons (Fsp3) is 0.421. The third kappa shape index (κ3) is 3.72. The van der Waals surface area contributed by atoms with Crippen LogP contribution in [0.5, 0.6) is 17.2 Å². The van der Waals surface area contributed by atoms with E-state index in [9.17, 15) is 0 Å². The lowest BCUT2D eigenvalue weighted by Gasteiger charge is -2.32. The van der Waals surface area contributed by atoms with Crippen LogP contribution in [0.2, 0.25) is 0 Å². The second-order valence-electron chi connectivity index (χ2n) is 5.86. The summed E-state index contributed by atoms with van der Waals surface area (Å²) in [5, 5.41) is 8.70. The van der Waals surface area contributed by atoms with Crippen LogP contribution in [-0.2, 0) is 11.2 Å². The van der Waals surface area contributed by atoms with E-state index in [4.69, 9.17) is 24.2 Å². The molecule has 2 heterocycles. The van der Waals surface area contributed by atoms with Crippen molar-refractivity contribution < 1.29 is 18.9 Å². The lowest BCUT2D eigenvalue weighted by molar-refractivity contribution is -0.0116. The molecule has 0 radical (unpaired) electrons. The Morgan fingerprint density at radius 3 is 3.04 bits per heavy atom. The summed E-state index contributed by atoms with van der Waals surface area (Å²) < 4.78 is 22.7. The third-order valence-electron chi connectivity index (χ3n) is 4.34. The number of hydrogen-bond donors (Lipinski definition) is 0. The summed E-state index contributed by atoms with van der Waals surface area (Å²) >= 11 is 0. The molecular formula is C19H22N2O4. The molecule has 1 saturated heterocycles. The van der Waals surface area contributed by atoms with E-state index in [1.807, 2.05) is 24.4 Å². The van der Waals surface area contributed by atoms with Crippen LogP contribution in [-0.4, -0.2) is 51.5 Å². The van der Waals surface area contributed by atoms with Gasteiger partial charge in [0.05, 0.1) is 33.0 Å². The second-order valence-corrected chi connectivity index (χ2v) is 5.86. The highest BCUT2D eigenvalue weighted by Gasteiger charge is 2.25. The van der Waals surface area contributed by atoms with E-state index in [0.29, 0.717) is 24.7 Å². The molecular weight excluding hydrogens is 320 g/mol. The SMILES string of the molecule is COc1cc(CC2CN(C=CC#N)CCO2)c2c(c1OC)OCC=C2. The average Bonchev–Trinajstić information content (AvgIpc) is 2.66. The summed E-state index contributed by atoms with van der Waals surface area (Å²) in [6.07, 6.45) is 8.13. The van der Waals surface area contributed by atoms with Crippen LogP contribution >= 0.6 is 0 Å². The van der Waals surface area contributed by atoms with Crippen molar-refractivity contribution in [1.82, 2.24) is 4.90 Å². The van der Waals surface area contributed by atoms with E-state index in [-0.39, 0.29) is 6.10 Å². The summed E-state index contributed by atoms with van der Waals surface area (Å²) in [7, 11) is 3.24. The lowest BCUT2D eigenvalue weighted by atomic mass is 9.97. The first kappa shape index (κ1) is 17.2. The van der Waals surface area contributed by atoms with E-state index >= 15 is 0 Å². The maximum absolute atomic E-state index is 8.70. The number of nitrogens with zero attached hydrogens (tertiary/aromatic N) is 2. The quantitative estimate of drug-likeness (QED) is 0.766. The van der Waals surface area contributed by atoms with Crippen molar-refractivity contribution in [2.24, 2.45) is 0 Å². The Morgan fingerprint density at radius 1 is 1.40 bits per heavy atom. The van der Waals surface area contributed by atoms with Gasteiger partial charge in [0.2, 0.25) is 5.75 Å². The number of rotatable bonds is 5. The van der Waals surface area contributed by atoms with E-state index < -0.39 is 0 Å². The molecule has 2 aliphatic heterocycles. The topological polar surface area (TPSA) is 64.0 Å². The Kier molecular flexibility index (Phi) is 5.46. The zero-order valence-corrected chi connectivity index (χ0v) is 14.5. The largest absolute Gasteiger partial charge is 0.493 e. The molecule has 0 bridgehead atoms. The summed E-state index contributed by atoms with van der Waals surface area (Å²) in [4.78, 5) is 2.11. The van der Waals surface area contributed by atoms with Crippen molar-refractivity contribution in [2.75, 3.05) is 40.5 Å². The molecule has 132 valence electrons. The number of nitriles is 1. The minimum Gasteiger partial charge on any atom is -0.493 e. The van der Waals surface area contributed by atoms with Gasteiger partial charge in [-0.2, -0.15) is 5.26 Å². The number of ether oxygens (including phenoxy) is 4. The predicted octanol–water partition coefficient (Wildman–Crippen LogP) is 2.39. The van der Waals surface area contributed by atoms with Crippen LogP contribution in [0, 0.1) is 11.3 Å². The van der Waals surface area contributed by atoms with Crippen molar-refractivity contribution in [1.29, 1.82) is 5.26 Å². The highest BCUT2D eigenvalue weighted by atomic mass is 16.5. The van der Waals surface area contributed by atoms with E-state index in [1.54, 1.807) is 14.2 Å². The molecule has 1 unspecified atom stereocenters. The number of fused-ring (bicyclic) bond motifs is 1. The van der Waals surface area contributed by atoms with Crippen LogP contribution in [0.1, 0.15) is 11.1 Å². The van der Waals surface area contributed by atoms with Gasteiger partial charge >= 0.3 is 0 Å². The van der Waals surface area contributed by atoms with Crippen LogP contribution in [0.4, 0.5) is 0 Å². The zero-order chi connectivity index (χ0) is 17.6. The molecule has 0 aromatic heterocycles. The molecule has 0 spiro atoms. The molecule has 1 aromatic rings. The Bertz CT molecular complexity index is 721. The van der Waals surface area contributed by atoms with Gasteiger partial charge in [0.1, 0.15) is 6.61 Å². The summed E-state index contributed by atoms with van der Waals surface area (Å²) in [5.74, 6) is 1.99. The second kappa shape index (κ2) is 7.95. The first-order chi connectivity index (χ1) is 12.3. The third-order valence-corrected chi connectivity index (χ3v) is 4.34.